The molecule has 5 rings (SSSR count). The summed E-state index contributed by atoms with van der Waals surface area (Å²) >= 11 is 1.34. The minimum Gasteiger partial charge on any atom is -0.507 e. The second-order valence-corrected chi connectivity index (χ2v) is 11.6. The molecule has 0 bridgehead atoms. The van der Waals surface area contributed by atoms with Crippen LogP contribution in [-0.4, -0.2) is 35.0 Å². The van der Waals surface area contributed by atoms with Gasteiger partial charge in [0.1, 0.15) is 17.3 Å². The molecule has 2 heterocycles. The Morgan fingerprint density at radius 2 is 1.76 bits per heavy atom. The lowest BCUT2D eigenvalue weighted by atomic mass is 9.95. The molecule has 0 spiro atoms. The molecule has 1 fully saturated rings. The van der Waals surface area contributed by atoms with Crippen LogP contribution in [0.15, 0.2) is 72.3 Å². The number of hydrogen-bond acceptors (Lipinski definition) is 7. The van der Waals surface area contributed by atoms with Crippen LogP contribution >= 0.6 is 11.3 Å². The number of rotatable bonds is 10. The number of thiazole rings is 1. The third-order valence-corrected chi connectivity index (χ3v) is 7.94. The topological polar surface area (TPSA) is 89.0 Å². The van der Waals surface area contributed by atoms with E-state index >= 15 is 0 Å². The number of ether oxygens (including phenoxy) is 2. The van der Waals surface area contributed by atoms with Crippen LogP contribution < -0.4 is 14.4 Å². The molecule has 1 saturated heterocycles. The van der Waals surface area contributed by atoms with Crippen molar-refractivity contribution in [2.45, 2.75) is 46.6 Å². The number of carbonyl (C=O) groups is 2. The van der Waals surface area contributed by atoms with Crippen LogP contribution in [0.5, 0.6) is 11.5 Å². The number of nitrogens with zero attached hydrogens (tertiary/aromatic N) is 2. The van der Waals surface area contributed by atoms with E-state index < -0.39 is 17.7 Å². The maximum atomic E-state index is 13.6. The minimum atomic E-state index is -0.888. The molecule has 3 aromatic carbocycles. The van der Waals surface area contributed by atoms with Crippen LogP contribution in [0.4, 0.5) is 5.13 Å². The summed E-state index contributed by atoms with van der Waals surface area (Å²) in [7, 11) is 0. The second kappa shape index (κ2) is 12.1. The fraction of sp³-hybridized carbons (Fsp3) is 0.303. The zero-order chi connectivity index (χ0) is 29.1. The van der Waals surface area contributed by atoms with Gasteiger partial charge in [0.15, 0.2) is 5.13 Å². The van der Waals surface area contributed by atoms with Crippen LogP contribution in [0.25, 0.3) is 16.0 Å². The third kappa shape index (κ3) is 5.98. The first kappa shape index (κ1) is 28.4. The number of benzene rings is 3. The Morgan fingerprint density at radius 3 is 2.49 bits per heavy atom. The quantitative estimate of drug-likeness (QED) is 0.121. The highest BCUT2D eigenvalue weighted by Crippen LogP contribution is 2.45. The van der Waals surface area contributed by atoms with Gasteiger partial charge in [-0.3, -0.25) is 14.5 Å². The van der Waals surface area contributed by atoms with Gasteiger partial charge < -0.3 is 14.6 Å². The fourth-order valence-corrected chi connectivity index (χ4v) is 5.83. The summed E-state index contributed by atoms with van der Waals surface area (Å²) in [6.07, 6.45) is 1.77. The predicted octanol–water partition coefficient (Wildman–Crippen LogP) is 7.44. The number of aryl methyl sites for hydroxylation is 1. The van der Waals surface area contributed by atoms with Gasteiger partial charge >= 0.3 is 5.91 Å². The van der Waals surface area contributed by atoms with Crippen molar-refractivity contribution in [3.05, 3.63) is 89.0 Å². The van der Waals surface area contributed by atoms with E-state index in [-0.39, 0.29) is 11.3 Å². The van der Waals surface area contributed by atoms with Crippen LogP contribution in [0.2, 0.25) is 0 Å². The van der Waals surface area contributed by atoms with Gasteiger partial charge in [0.25, 0.3) is 5.78 Å². The molecule has 1 amide bonds. The maximum absolute atomic E-state index is 13.6. The summed E-state index contributed by atoms with van der Waals surface area (Å²) in [5.41, 5.74) is 2.88. The van der Waals surface area contributed by atoms with E-state index in [9.17, 15) is 14.7 Å². The Bertz CT molecular complexity index is 1610. The zero-order valence-corrected chi connectivity index (χ0v) is 24.5. The van der Waals surface area contributed by atoms with E-state index in [0.29, 0.717) is 46.9 Å². The average Bonchev–Trinajstić information content (AvgIpc) is 3.49. The van der Waals surface area contributed by atoms with Gasteiger partial charge in [-0.1, -0.05) is 50.3 Å². The summed E-state index contributed by atoms with van der Waals surface area (Å²) in [5, 5.41) is 11.9. The van der Waals surface area contributed by atoms with Crippen LogP contribution in [0.3, 0.4) is 0 Å². The molecule has 0 aliphatic carbocycles. The maximum Gasteiger partial charge on any atom is 0.301 e. The van der Waals surface area contributed by atoms with Gasteiger partial charge in [0, 0.05) is 5.56 Å². The molecule has 1 N–H and O–H groups in total. The van der Waals surface area contributed by atoms with Crippen LogP contribution in [-0.2, 0) is 9.59 Å². The first-order valence-corrected chi connectivity index (χ1v) is 14.7. The molecule has 1 aliphatic heterocycles. The molecule has 7 nitrogen and oxygen atoms in total. The molecule has 1 aromatic heterocycles. The number of amides is 1. The van der Waals surface area contributed by atoms with Gasteiger partial charge in [-0.05, 0) is 85.3 Å². The largest absolute Gasteiger partial charge is 0.507 e. The molecule has 4 aromatic rings. The molecule has 1 atom stereocenters. The number of ketones is 1. The molecule has 0 saturated carbocycles. The number of anilines is 1. The van der Waals surface area contributed by atoms with E-state index in [1.54, 1.807) is 24.3 Å². The molecule has 212 valence electrons. The zero-order valence-electron chi connectivity index (χ0n) is 23.7. The van der Waals surface area contributed by atoms with Gasteiger partial charge in [-0.15, -0.1) is 0 Å². The standard InChI is InChI=1S/C33H34N2O5S/c1-5-16-39-24-12-10-22(11-13-24)30(36)28-29(23-7-6-8-25(19-23)40-17-15-20(2)3)35(32(38)31(28)37)33-34-26-14-9-21(4)18-27(26)41-33/h6-14,18-20,29,36H,5,15-17H2,1-4H3. The SMILES string of the molecule is CCCOc1ccc(C(O)=C2C(=O)C(=O)N(c3nc4ccc(C)cc4s3)C2c2cccc(OCCC(C)C)c2)cc1. The number of Topliss-reactive ketones (excluding diaryl/α,β-unsaturated/α-hetero) is 1. The summed E-state index contributed by atoms with van der Waals surface area (Å²) in [5.74, 6) is 0.0388. The predicted molar refractivity (Wildman–Crippen MR) is 163 cm³/mol. The number of carbonyl (C=O) groups excluding carboxylic acids is 2. The average molecular weight is 571 g/mol. The number of aliphatic hydroxyl groups excluding tert-OH is 1. The lowest BCUT2D eigenvalue weighted by molar-refractivity contribution is -0.132. The van der Waals surface area contributed by atoms with E-state index in [0.717, 1.165) is 28.6 Å². The smallest absolute Gasteiger partial charge is 0.301 e. The number of aliphatic hydroxyl groups is 1. The minimum absolute atomic E-state index is 0.00648. The van der Waals surface area contributed by atoms with Crippen molar-refractivity contribution < 1.29 is 24.2 Å². The highest BCUT2D eigenvalue weighted by Gasteiger charge is 2.48. The Labute approximate surface area is 244 Å². The van der Waals surface area contributed by atoms with Crippen molar-refractivity contribution in [3.8, 4) is 11.5 Å². The summed E-state index contributed by atoms with van der Waals surface area (Å²) in [6.45, 7) is 9.41. The Balaban J connectivity index is 1.61. The van der Waals surface area contributed by atoms with Crippen molar-refractivity contribution in [2.24, 2.45) is 5.92 Å². The van der Waals surface area contributed by atoms with Crippen molar-refractivity contribution in [3.63, 3.8) is 0 Å². The van der Waals surface area contributed by atoms with E-state index in [2.05, 4.69) is 13.8 Å². The van der Waals surface area contributed by atoms with E-state index in [4.69, 9.17) is 14.5 Å². The Kier molecular flexibility index (Phi) is 8.40. The summed E-state index contributed by atoms with van der Waals surface area (Å²) < 4.78 is 12.6. The Hall–Kier alpha value is -4.17. The molecule has 0 radical (unpaired) electrons. The Morgan fingerprint density at radius 1 is 1.00 bits per heavy atom. The molecule has 1 aliphatic rings. The van der Waals surface area contributed by atoms with Crippen molar-refractivity contribution >= 4 is 44.1 Å². The normalized spacial score (nSPS) is 16.6. The highest BCUT2D eigenvalue weighted by atomic mass is 32.1. The molecule has 41 heavy (non-hydrogen) atoms. The van der Waals surface area contributed by atoms with Crippen molar-refractivity contribution in [2.75, 3.05) is 18.1 Å². The number of aromatic nitrogens is 1. The lowest BCUT2D eigenvalue weighted by Crippen LogP contribution is -2.29. The van der Waals surface area contributed by atoms with E-state index in [1.165, 1.54) is 16.2 Å². The first-order valence-electron chi connectivity index (χ1n) is 13.9. The lowest BCUT2D eigenvalue weighted by Gasteiger charge is -2.23. The summed E-state index contributed by atoms with van der Waals surface area (Å²) in [4.78, 5) is 33.4. The molecular weight excluding hydrogens is 536 g/mol. The van der Waals surface area contributed by atoms with Crippen LogP contribution in [0, 0.1) is 12.8 Å². The summed E-state index contributed by atoms with van der Waals surface area (Å²) in [6, 6.07) is 19.2. The molecule has 8 heteroatoms. The van der Waals surface area contributed by atoms with Gasteiger partial charge in [0.2, 0.25) is 0 Å². The fourth-order valence-electron chi connectivity index (χ4n) is 4.74. The number of hydrogen-bond donors (Lipinski definition) is 1. The molecule has 1 unspecified atom stereocenters. The highest BCUT2D eigenvalue weighted by molar-refractivity contribution is 7.22. The second-order valence-electron chi connectivity index (χ2n) is 10.6. The number of fused-ring (bicyclic) bond motifs is 1. The van der Waals surface area contributed by atoms with Crippen molar-refractivity contribution in [1.29, 1.82) is 0 Å². The van der Waals surface area contributed by atoms with E-state index in [1.807, 2.05) is 56.3 Å². The van der Waals surface area contributed by atoms with Gasteiger partial charge in [0.05, 0.1) is 35.0 Å². The monoisotopic (exact) mass is 570 g/mol. The molecular formula is C33H34N2O5S. The van der Waals surface area contributed by atoms with Crippen LogP contribution in [0.1, 0.15) is 56.3 Å². The van der Waals surface area contributed by atoms with Gasteiger partial charge in [-0.25, -0.2) is 4.98 Å². The van der Waals surface area contributed by atoms with Crippen molar-refractivity contribution in [1.82, 2.24) is 4.98 Å². The van der Waals surface area contributed by atoms with Gasteiger partial charge in [-0.2, -0.15) is 0 Å². The third-order valence-electron chi connectivity index (χ3n) is 6.92. The first-order chi connectivity index (χ1) is 19.8.